The van der Waals surface area contributed by atoms with Crippen molar-refractivity contribution >= 4 is 38.9 Å². The molecule has 0 spiro atoms. The van der Waals surface area contributed by atoms with Gasteiger partial charge in [0.25, 0.3) is 0 Å². The number of benzene rings is 2. The van der Waals surface area contributed by atoms with Crippen LogP contribution in [0.15, 0.2) is 47.4 Å². The molecular weight excluding hydrogens is 446 g/mol. The van der Waals surface area contributed by atoms with Crippen molar-refractivity contribution in [1.29, 1.82) is 0 Å². The number of anilines is 2. The van der Waals surface area contributed by atoms with Crippen molar-refractivity contribution in [2.45, 2.75) is 51.1 Å². The van der Waals surface area contributed by atoms with Crippen LogP contribution in [0.5, 0.6) is 0 Å². The number of hydrogen-bond donors (Lipinski definition) is 1. The quantitative estimate of drug-likeness (QED) is 0.552. The van der Waals surface area contributed by atoms with E-state index in [9.17, 15) is 13.2 Å². The summed E-state index contributed by atoms with van der Waals surface area (Å²) in [4.78, 5) is 14.4. The van der Waals surface area contributed by atoms with Gasteiger partial charge in [-0.25, -0.2) is 8.42 Å². The summed E-state index contributed by atoms with van der Waals surface area (Å²) in [6.45, 7) is 6.10. The van der Waals surface area contributed by atoms with E-state index in [4.69, 9.17) is 11.6 Å². The summed E-state index contributed by atoms with van der Waals surface area (Å²) in [5, 5.41) is 3.35. The number of nitrogens with zero attached hydrogens (tertiary/aromatic N) is 2. The summed E-state index contributed by atoms with van der Waals surface area (Å²) >= 11 is 6.09. The third-order valence-electron chi connectivity index (χ3n) is 5.92. The second kappa shape index (κ2) is 9.81. The first kappa shape index (κ1) is 24.6. The van der Waals surface area contributed by atoms with Crippen LogP contribution in [0.1, 0.15) is 39.2 Å². The molecule has 0 radical (unpaired) electrons. The number of carbonyl (C=O) groups is 1. The molecule has 1 atom stereocenters. The fraction of sp³-hybridized carbons (Fsp3) is 0.458. The Kier molecular flexibility index (Phi) is 7.53. The molecule has 3 rings (SSSR count). The zero-order valence-corrected chi connectivity index (χ0v) is 20.9. The van der Waals surface area contributed by atoms with Crippen LogP contribution in [-0.4, -0.2) is 38.8 Å². The number of carbonyl (C=O) groups excluding carboxylic acids is 1. The lowest BCUT2D eigenvalue weighted by Gasteiger charge is -2.32. The van der Waals surface area contributed by atoms with Crippen molar-refractivity contribution in [2.24, 2.45) is 11.8 Å². The Labute approximate surface area is 196 Å². The van der Waals surface area contributed by atoms with Crippen molar-refractivity contribution < 1.29 is 13.2 Å². The summed E-state index contributed by atoms with van der Waals surface area (Å²) in [6, 6.07) is 11.8. The predicted molar refractivity (Wildman–Crippen MR) is 131 cm³/mol. The van der Waals surface area contributed by atoms with E-state index in [1.807, 2.05) is 58.0 Å². The van der Waals surface area contributed by atoms with Crippen molar-refractivity contribution in [3.05, 3.63) is 53.1 Å². The normalized spacial score (nSPS) is 15.1. The molecule has 2 aromatic rings. The van der Waals surface area contributed by atoms with Crippen LogP contribution in [0.4, 0.5) is 11.4 Å². The van der Waals surface area contributed by atoms with Gasteiger partial charge in [-0.2, -0.15) is 4.31 Å². The molecule has 0 aromatic heterocycles. The summed E-state index contributed by atoms with van der Waals surface area (Å²) < 4.78 is 28.8. The standard InChI is InChI=1S/C24H32ClN3O3S/c1-16(2)17(3)28(32(30,31)22-8-6-7-20(25)14-22)15-19-13-21(11-12-23(19)27(4)5)26-24(29)18-9-10-18/h6-8,11-14,16-18H,9-10,15H2,1-5H3,(H,26,29)/t17-/m1/s1. The van der Waals surface area contributed by atoms with Gasteiger partial charge in [0.1, 0.15) is 0 Å². The summed E-state index contributed by atoms with van der Waals surface area (Å²) in [6.07, 6.45) is 1.85. The third-order valence-corrected chi connectivity index (χ3v) is 8.09. The van der Waals surface area contributed by atoms with Crippen LogP contribution in [0.3, 0.4) is 0 Å². The number of amides is 1. The van der Waals surface area contributed by atoms with Gasteiger partial charge in [0.05, 0.1) is 4.90 Å². The van der Waals surface area contributed by atoms with Gasteiger partial charge in [0.2, 0.25) is 15.9 Å². The zero-order valence-electron chi connectivity index (χ0n) is 19.3. The Morgan fingerprint density at radius 1 is 1.12 bits per heavy atom. The predicted octanol–water partition coefficient (Wildman–Crippen LogP) is 4.99. The Morgan fingerprint density at radius 3 is 2.38 bits per heavy atom. The molecule has 32 heavy (non-hydrogen) atoms. The van der Waals surface area contributed by atoms with E-state index in [-0.39, 0.29) is 35.2 Å². The molecule has 1 fully saturated rings. The van der Waals surface area contributed by atoms with Crippen LogP contribution < -0.4 is 10.2 Å². The van der Waals surface area contributed by atoms with E-state index >= 15 is 0 Å². The molecule has 0 aliphatic heterocycles. The highest BCUT2D eigenvalue weighted by Crippen LogP contribution is 2.33. The molecule has 1 saturated carbocycles. The summed E-state index contributed by atoms with van der Waals surface area (Å²) in [5.74, 6) is 0.213. The molecule has 1 amide bonds. The first-order valence-corrected chi connectivity index (χ1v) is 12.7. The number of nitrogens with one attached hydrogen (secondary N) is 1. The lowest BCUT2D eigenvalue weighted by molar-refractivity contribution is -0.117. The Morgan fingerprint density at radius 2 is 1.81 bits per heavy atom. The van der Waals surface area contributed by atoms with Gasteiger partial charge >= 0.3 is 0 Å². The van der Waals surface area contributed by atoms with E-state index in [0.29, 0.717) is 10.7 Å². The molecule has 1 aliphatic rings. The molecule has 0 heterocycles. The Bertz CT molecular complexity index is 1080. The highest BCUT2D eigenvalue weighted by Gasteiger charge is 2.32. The van der Waals surface area contributed by atoms with Crippen LogP contribution >= 0.6 is 11.6 Å². The topological polar surface area (TPSA) is 69.7 Å². The van der Waals surface area contributed by atoms with Crippen molar-refractivity contribution in [2.75, 3.05) is 24.3 Å². The molecule has 0 unspecified atom stereocenters. The first-order chi connectivity index (χ1) is 15.0. The fourth-order valence-electron chi connectivity index (χ4n) is 3.53. The van der Waals surface area contributed by atoms with Crippen LogP contribution in [0, 0.1) is 11.8 Å². The Hall–Kier alpha value is -2.09. The van der Waals surface area contributed by atoms with Gasteiger partial charge < -0.3 is 10.2 Å². The van der Waals surface area contributed by atoms with Gasteiger partial charge in [0.15, 0.2) is 0 Å². The van der Waals surface area contributed by atoms with E-state index in [0.717, 1.165) is 24.1 Å². The third kappa shape index (κ3) is 5.63. The maximum absolute atomic E-state index is 13.7. The highest BCUT2D eigenvalue weighted by atomic mass is 35.5. The van der Waals surface area contributed by atoms with E-state index in [2.05, 4.69) is 5.32 Å². The molecule has 8 heteroatoms. The van der Waals surface area contributed by atoms with Crippen molar-refractivity contribution in [3.63, 3.8) is 0 Å². The number of rotatable bonds is 9. The SMILES string of the molecule is CC(C)[C@@H](C)N(Cc1cc(NC(=O)C2CC2)ccc1N(C)C)S(=O)(=O)c1cccc(Cl)c1. The minimum absolute atomic E-state index is 0.0208. The molecule has 1 N–H and O–H groups in total. The van der Waals surface area contributed by atoms with E-state index < -0.39 is 10.0 Å². The van der Waals surface area contributed by atoms with Crippen molar-refractivity contribution in [1.82, 2.24) is 4.31 Å². The molecular formula is C24H32ClN3O3S. The number of sulfonamides is 1. The van der Waals surface area contributed by atoms with E-state index in [1.165, 1.54) is 10.4 Å². The van der Waals surface area contributed by atoms with Crippen LogP contribution in [0.25, 0.3) is 0 Å². The number of halogens is 1. The molecule has 6 nitrogen and oxygen atoms in total. The highest BCUT2D eigenvalue weighted by molar-refractivity contribution is 7.89. The summed E-state index contributed by atoms with van der Waals surface area (Å²) in [5.41, 5.74) is 2.40. The molecule has 2 aromatic carbocycles. The van der Waals surface area contributed by atoms with Crippen LogP contribution in [-0.2, 0) is 21.4 Å². The lowest BCUT2D eigenvalue weighted by Crippen LogP contribution is -2.41. The zero-order chi connectivity index (χ0) is 23.6. The van der Waals surface area contributed by atoms with Gasteiger partial charge in [-0.05, 0) is 67.6 Å². The Balaban J connectivity index is 2.02. The second-order valence-corrected chi connectivity index (χ2v) is 11.3. The minimum atomic E-state index is -3.80. The lowest BCUT2D eigenvalue weighted by atomic mass is 10.1. The second-order valence-electron chi connectivity index (χ2n) is 8.99. The smallest absolute Gasteiger partial charge is 0.243 e. The summed E-state index contributed by atoms with van der Waals surface area (Å²) in [7, 11) is 0.0344. The minimum Gasteiger partial charge on any atom is -0.377 e. The maximum atomic E-state index is 13.7. The van der Waals surface area contributed by atoms with Gasteiger partial charge in [-0.3, -0.25) is 4.79 Å². The average molecular weight is 478 g/mol. The average Bonchev–Trinajstić information content (AvgIpc) is 3.56. The molecule has 1 aliphatic carbocycles. The van der Waals surface area contributed by atoms with Crippen molar-refractivity contribution in [3.8, 4) is 0 Å². The molecule has 0 saturated heterocycles. The van der Waals surface area contributed by atoms with Gasteiger partial charge in [-0.15, -0.1) is 0 Å². The number of hydrogen-bond acceptors (Lipinski definition) is 4. The molecule has 174 valence electrons. The van der Waals surface area contributed by atoms with Gasteiger partial charge in [-0.1, -0.05) is 31.5 Å². The van der Waals surface area contributed by atoms with Gasteiger partial charge in [0, 0.05) is 49.0 Å². The first-order valence-electron chi connectivity index (χ1n) is 10.9. The van der Waals surface area contributed by atoms with E-state index in [1.54, 1.807) is 18.2 Å². The maximum Gasteiger partial charge on any atom is 0.243 e. The fourth-order valence-corrected chi connectivity index (χ4v) is 5.57. The molecule has 0 bridgehead atoms. The largest absolute Gasteiger partial charge is 0.377 e. The monoisotopic (exact) mass is 477 g/mol. The van der Waals surface area contributed by atoms with Crippen LogP contribution in [0.2, 0.25) is 5.02 Å².